The van der Waals surface area contributed by atoms with Gasteiger partial charge in [0.2, 0.25) is 10.0 Å². The summed E-state index contributed by atoms with van der Waals surface area (Å²) < 4.78 is 31.9. The maximum atomic E-state index is 11.5. The molecular weight excluding hydrogens is 338 g/mol. The largest absolute Gasteiger partial charge is 0.370 e. The molecule has 3 fully saturated rings. The van der Waals surface area contributed by atoms with Gasteiger partial charge < -0.3 is 4.74 Å². The summed E-state index contributed by atoms with van der Waals surface area (Å²) in [4.78, 5) is 2.40. The first-order valence-electron chi connectivity index (χ1n) is 8.72. The molecule has 3 heterocycles. The van der Waals surface area contributed by atoms with Crippen LogP contribution in [-0.2, 0) is 21.3 Å². The Morgan fingerprint density at radius 2 is 2.16 bits per heavy atom. The molecule has 1 N–H and O–H groups in total. The number of fused-ring (bicyclic) bond motifs is 1. The molecule has 0 unspecified atom stereocenters. The summed E-state index contributed by atoms with van der Waals surface area (Å²) in [6.07, 6.45) is 3.50. The van der Waals surface area contributed by atoms with E-state index in [1.165, 1.54) is 11.8 Å². The first-order chi connectivity index (χ1) is 11.9. The topological polar surface area (TPSA) is 82.4 Å². The van der Waals surface area contributed by atoms with Gasteiger partial charge in [-0.2, -0.15) is 5.26 Å². The third-order valence-electron chi connectivity index (χ3n) is 5.92. The van der Waals surface area contributed by atoms with Crippen LogP contribution in [0.4, 0.5) is 0 Å². The van der Waals surface area contributed by atoms with Gasteiger partial charge in [0.1, 0.15) is 0 Å². The molecule has 1 aromatic carbocycles. The van der Waals surface area contributed by atoms with E-state index in [1.807, 2.05) is 24.3 Å². The molecule has 25 heavy (non-hydrogen) atoms. The molecule has 0 aromatic heterocycles. The summed E-state index contributed by atoms with van der Waals surface area (Å²) in [5.41, 5.74) is 1.77. The maximum Gasteiger partial charge on any atom is 0.208 e. The molecule has 0 saturated carbocycles. The van der Waals surface area contributed by atoms with Crippen LogP contribution in [0.15, 0.2) is 24.3 Å². The number of sulfonamides is 1. The Bertz CT molecular complexity index is 802. The van der Waals surface area contributed by atoms with Crippen molar-refractivity contribution < 1.29 is 13.2 Å². The second-order valence-electron chi connectivity index (χ2n) is 7.63. The van der Waals surface area contributed by atoms with E-state index >= 15 is 0 Å². The van der Waals surface area contributed by atoms with Crippen LogP contribution in [-0.4, -0.2) is 50.9 Å². The summed E-state index contributed by atoms with van der Waals surface area (Å²) in [6, 6.07) is 9.86. The van der Waals surface area contributed by atoms with Crippen molar-refractivity contribution in [2.24, 2.45) is 11.8 Å². The average molecular weight is 361 g/mol. The van der Waals surface area contributed by atoms with Crippen molar-refractivity contribution in [2.45, 2.75) is 31.1 Å². The van der Waals surface area contributed by atoms with E-state index in [0.29, 0.717) is 18.0 Å². The third-order valence-corrected chi connectivity index (χ3v) is 6.62. The van der Waals surface area contributed by atoms with Crippen LogP contribution in [0.1, 0.15) is 24.0 Å². The molecule has 6 nitrogen and oxygen atoms in total. The molecule has 0 radical (unpaired) electrons. The monoisotopic (exact) mass is 361 g/mol. The highest BCUT2D eigenvalue weighted by atomic mass is 32.2. The molecule has 3 aliphatic heterocycles. The SMILES string of the molecule is CS(=O)(=O)NC[C@H]1[C@H]2CN(Cc3ccc(C#N)cc3)C[C@]23CC[C@H]1O3. The van der Waals surface area contributed by atoms with Gasteiger partial charge in [0, 0.05) is 38.0 Å². The number of ether oxygens (including phenoxy) is 1. The summed E-state index contributed by atoms with van der Waals surface area (Å²) in [6.45, 7) is 3.15. The van der Waals surface area contributed by atoms with Gasteiger partial charge in [0.25, 0.3) is 0 Å². The standard InChI is InChI=1S/C18H23N3O3S/c1-25(22,23)20-9-15-16-11-21(12-18(16)7-6-17(15)24-18)10-14-4-2-13(8-19)3-5-14/h2-5,15-17,20H,6-7,9-12H2,1H3/t15-,16+,17+,18+/m0/s1. The van der Waals surface area contributed by atoms with Gasteiger partial charge in [0.15, 0.2) is 0 Å². The summed E-state index contributed by atoms with van der Waals surface area (Å²) in [7, 11) is -3.17. The van der Waals surface area contributed by atoms with Crippen LogP contribution < -0.4 is 4.72 Å². The summed E-state index contributed by atoms with van der Waals surface area (Å²) in [5.74, 6) is 0.647. The lowest BCUT2D eigenvalue weighted by Gasteiger charge is -2.29. The van der Waals surface area contributed by atoms with Crippen LogP contribution >= 0.6 is 0 Å². The van der Waals surface area contributed by atoms with Gasteiger partial charge in [0.05, 0.1) is 29.6 Å². The molecular formula is C18H23N3O3S. The lowest BCUT2D eigenvalue weighted by Crippen LogP contribution is -2.41. The first kappa shape index (κ1) is 17.0. The van der Waals surface area contributed by atoms with E-state index in [-0.39, 0.29) is 17.6 Å². The molecule has 2 bridgehead atoms. The molecule has 1 spiro atoms. The Morgan fingerprint density at radius 1 is 1.40 bits per heavy atom. The Balaban J connectivity index is 1.45. The minimum atomic E-state index is -3.17. The van der Waals surface area contributed by atoms with Crippen molar-refractivity contribution >= 4 is 10.0 Å². The highest BCUT2D eigenvalue weighted by molar-refractivity contribution is 7.88. The Labute approximate surface area is 148 Å². The van der Waals surface area contributed by atoms with Crippen molar-refractivity contribution in [3.63, 3.8) is 0 Å². The number of hydrogen-bond donors (Lipinski definition) is 1. The van der Waals surface area contributed by atoms with Crippen LogP contribution in [0, 0.1) is 23.2 Å². The van der Waals surface area contributed by atoms with E-state index in [9.17, 15) is 8.42 Å². The van der Waals surface area contributed by atoms with Gasteiger partial charge in [-0.15, -0.1) is 0 Å². The van der Waals surface area contributed by atoms with E-state index in [2.05, 4.69) is 15.7 Å². The zero-order valence-electron chi connectivity index (χ0n) is 14.3. The lowest BCUT2D eigenvalue weighted by molar-refractivity contribution is 0.00220. The normalized spacial score (nSPS) is 34.2. The van der Waals surface area contributed by atoms with Crippen molar-refractivity contribution in [3.8, 4) is 6.07 Å². The van der Waals surface area contributed by atoms with Crippen LogP contribution in [0.5, 0.6) is 0 Å². The number of rotatable bonds is 5. The molecule has 3 aliphatic rings. The molecule has 4 rings (SSSR count). The molecule has 0 aliphatic carbocycles. The Kier molecular flexibility index (Phi) is 4.12. The number of nitriles is 1. The third kappa shape index (κ3) is 3.20. The van der Waals surface area contributed by atoms with Crippen LogP contribution in [0.2, 0.25) is 0 Å². The number of likely N-dealkylation sites (tertiary alicyclic amines) is 1. The van der Waals surface area contributed by atoms with Gasteiger partial charge in [-0.3, -0.25) is 4.90 Å². The van der Waals surface area contributed by atoms with Crippen LogP contribution in [0.3, 0.4) is 0 Å². The van der Waals surface area contributed by atoms with Crippen LogP contribution in [0.25, 0.3) is 0 Å². The zero-order valence-corrected chi connectivity index (χ0v) is 15.1. The van der Waals surface area contributed by atoms with E-state index in [4.69, 9.17) is 10.00 Å². The first-order valence-corrected chi connectivity index (χ1v) is 10.6. The lowest BCUT2D eigenvalue weighted by atomic mass is 9.74. The minimum absolute atomic E-state index is 0.0961. The number of benzene rings is 1. The van der Waals surface area contributed by atoms with Crippen molar-refractivity contribution in [2.75, 3.05) is 25.9 Å². The molecule has 134 valence electrons. The van der Waals surface area contributed by atoms with Crippen molar-refractivity contribution in [1.29, 1.82) is 5.26 Å². The fraction of sp³-hybridized carbons (Fsp3) is 0.611. The van der Waals surface area contributed by atoms with Crippen molar-refractivity contribution in [1.82, 2.24) is 9.62 Å². The zero-order chi connectivity index (χ0) is 17.7. The van der Waals surface area contributed by atoms with E-state index in [0.717, 1.165) is 32.5 Å². The smallest absolute Gasteiger partial charge is 0.208 e. The molecule has 0 amide bonds. The van der Waals surface area contributed by atoms with Gasteiger partial charge >= 0.3 is 0 Å². The Morgan fingerprint density at radius 3 is 2.84 bits per heavy atom. The second kappa shape index (κ2) is 6.06. The number of nitrogens with one attached hydrogen (secondary N) is 1. The predicted octanol–water partition coefficient (Wildman–Crippen LogP) is 1.09. The highest BCUT2D eigenvalue weighted by Crippen LogP contribution is 2.54. The van der Waals surface area contributed by atoms with E-state index < -0.39 is 10.0 Å². The van der Waals surface area contributed by atoms with Crippen molar-refractivity contribution in [3.05, 3.63) is 35.4 Å². The molecule has 1 aromatic rings. The summed E-state index contributed by atoms with van der Waals surface area (Å²) >= 11 is 0. The van der Waals surface area contributed by atoms with Gasteiger partial charge in [-0.25, -0.2) is 13.1 Å². The highest BCUT2D eigenvalue weighted by Gasteiger charge is 2.62. The maximum absolute atomic E-state index is 11.5. The van der Waals surface area contributed by atoms with E-state index in [1.54, 1.807) is 0 Å². The fourth-order valence-electron chi connectivity index (χ4n) is 4.87. The second-order valence-corrected chi connectivity index (χ2v) is 9.46. The number of nitrogens with zero attached hydrogens (tertiary/aromatic N) is 2. The quantitative estimate of drug-likeness (QED) is 0.849. The molecule has 3 saturated heterocycles. The fourth-order valence-corrected chi connectivity index (χ4v) is 5.37. The average Bonchev–Trinajstić information content (AvgIpc) is 3.20. The predicted molar refractivity (Wildman–Crippen MR) is 93.1 cm³/mol. The summed E-state index contributed by atoms with van der Waals surface area (Å²) in [5, 5.41) is 8.90. The molecule has 7 heteroatoms. The minimum Gasteiger partial charge on any atom is -0.370 e. The van der Waals surface area contributed by atoms with Gasteiger partial charge in [-0.1, -0.05) is 12.1 Å². The Hall–Kier alpha value is -1.46. The molecule has 4 atom stereocenters. The number of hydrogen-bond acceptors (Lipinski definition) is 5. The van der Waals surface area contributed by atoms with Gasteiger partial charge in [-0.05, 0) is 30.5 Å².